The number of carbonyl (C=O) groups is 1. The average molecular weight is 349 g/mol. The van der Waals surface area contributed by atoms with Crippen molar-refractivity contribution in [3.63, 3.8) is 0 Å². The van der Waals surface area contributed by atoms with Gasteiger partial charge >= 0.3 is 5.69 Å². The minimum atomic E-state index is -0.515. The molecule has 10 heteroatoms. The van der Waals surface area contributed by atoms with Gasteiger partial charge in [0, 0.05) is 26.2 Å². The number of ether oxygens (including phenoxy) is 1. The molecule has 0 aromatic carbocycles. The van der Waals surface area contributed by atoms with Crippen LogP contribution in [0.25, 0.3) is 0 Å². The van der Waals surface area contributed by atoms with Gasteiger partial charge in [-0.05, 0) is 12.1 Å². The molecule has 0 bridgehead atoms. The third kappa shape index (κ3) is 4.64. The van der Waals surface area contributed by atoms with Crippen LogP contribution in [0.4, 0.5) is 5.69 Å². The quantitative estimate of drug-likeness (QED) is 0.571. The van der Waals surface area contributed by atoms with E-state index in [4.69, 9.17) is 9.15 Å². The van der Waals surface area contributed by atoms with Crippen LogP contribution in [0.3, 0.4) is 0 Å². The lowest BCUT2D eigenvalue weighted by molar-refractivity contribution is -0.385. The molecule has 0 saturated carbocycles. The van der Waals surface area contributed by atoms with E-state index in [-0.39, 0.29) is 23.9 Å². The van der Waals surface area contributed by atoms with Gasteiger partial charge in [-0.15, -0.1) is 0 Å². The summed E-state index contributed by atoms with van der Waals surface area (Å²) >= 11 is 0. The van der Waals surface area contributed by atoms with E-state index in [1.165, 1.54) is 17.1 Å². The van der Waals surface area contributed by atoms with Crippen LogP contribution in [-0.2, 0) is 11.3 Å². The van der Waals surface area contributed by atoms with Gasteiger partial charge in [-0.2, -0.15) is 5.10 Å². The van der Waals surface area contributed by atoms with E-state index in [0.29, 0.717) is 12.3 Å². The maximum absolute atomic E-state index is 12.1. The summed E-state index contributed by atoms with van der Waals surface area (Å²) in [5, 5.41) is 17.3. The molecule has 0 spiro atoms. The molecule has 1 N–H and O–H groups in total. The first-order valence-electron chi connectivity index (χ1n) is 7.95. The number of morpholine rings is 1. The van der Waals surface area contributed by atoms with E-state index in [0.717, 1.165) is 32.8 Å². The molecule has 0 atom stereocenters. The smallest absolute Gasteiger partial charge is 0.307 e. The van der Waals surface area contributed by atoms with Crippen LogP contribution in [0, 0.1) is 10.1 Å². The van der Waals surface area contributed by atoms with Gasteiger partial charge in [0.2, 0.25) is 0 Å². The fraction of sp³-hybridized carbons (Fsp3) is 0.467. The van der Waals surface area contributed by atoms with Gasteiger partial charge in [-0.1, -0.05) is 0 Å². The Morgan fingerprint density at radius 2 is 2.16 bits per heavy atom. The number of furan rings is 1. The molecular formula is C15H19N5O5. The van der Waals surface area contributed by atoms with Crippen LogP contribution < -0.4 is 5.32 Å². The highest BCUT2D eigenvalue weighted by atomic mass is 16.6. The zero-order valence-electron chi connectivity index (χ0n) is 13.6. The van der Waals surface area contributed by atoms with E-state index >= 15 is 0 Å². The number of hydrogen-bond acceptors (Lipinski definition) is 7. The highest BCUT2D eigenvalue weighted by Crippen LogP contribution is 2.12. The Kier molecular flexibility index (Phi) is 5.41. The molecule has 1 saturated heterocycles. The number of rotatable bonds is 7. The van der Waals surface area contributed by atoms with E-state index in [1.54, 1.807) is 12.1 Å². The zero-order chi connectivity index (χ0) is 17.6. The highest BCUT2D eigenvalue weighted by molar-refractivity contribution is 5.91. The van der Waals surface area contributed by atoms with Crippen LogP contribution in [0.1, 0.15) is 16.3 Å². The largest absolute Gasteiger partial charge is 0.454 e. The first-order valence-corrected chi connectivity index (χ1v) is 7.95. The Labute approximate surface area is 143 Å². The summed E-state index contributed by atoms with van der Waals surface area (Å²) in [6, 6.07) is 3.24. The van der Waals surface area contributed by atoms with Crippen LogP contribution in [-0.4, -0.2) is 64.9 Å². The standard InChI is InChI=1S/C15H19N5O5/c21-15(16-3-4-18-5-7-24-8-6-18)14-2-1-13(25-14)11-19-10-12(9-17-19)20(22)23/h1-2,9-10H,3-8,11H2,(H,16,21). The van der Waals surface area contributed by atoms with E-state index in [1.807, 2.05) is 0 Å². The predicted molar refractivity (Wildman–Crippen MR) is 86.3 cm³/mol. The number of carbonyl (C=O) groups excluding carboxylic acids is 1. The lowest BCUT2D eigenvalue weighted by atomic mass is 10.4. The highest BCUT2D eigenvalue weighted by Gasteiger charge is 2.14. The summed E-state index contributed by atoms with van der Waals surface area (Å²) in [5.74, 6) is 0.418. The Hall–Kier alpha value is -2.72. The molecule has 2 aromatic heterocycles. The monoisotopic (exact) mass is 349 g/mol. The molecule has 25 heavy (non-hydrogen) atoms. The van der Waals surface area contributed by atoms with Gasteiger partial charge in [0.15, 0.2) is 5.76 Å². The fourth-order valence-electron chi connectivity index (χ4n) is 2.52. The molecule has 1 aliphatic rings. The normalized spacial score (nSPS) is 15.2. The fourth-order valence-corrected chi connectivity index (χ4v) is 2.52. The summed E-state index contributed by atoms with van der Waals surface area (Å²) in [6.45, 7) is 4.70. The van der Waals surface area contributed by atoms with E-state index in [2.05, 4.69) is 15.3 Å². The SMILES string of the molecule is O=C(NCCN1CCOCC1)c1ccc(Cn2cc([N+](=O)[O-])cn2)o1. The molecule has 0 radical (unpaired) electrons. The number of aromatic nitrogens is 2. The molecule has 1 amide bonds. The number of amides is 1. The Morgan fingerprint density at radius 3 is 2.88 bits per heavy atom. The maximum Gasteiger partial charge on any atom is 0.307 e. The Bertz CT molecular complexity index is 734. The van der Waals surface area contributed by atoms with E-state index < -0.39 is 4.92 Å². The second kappa shape index (κ2) is 7.90. The molecule has 2 aromatic rings. The Morgan fingerprint density at radius 1 is 1.36 bits per heavy atom. The molecule has 0 aliphatic carbocycles. The lowest BCUT2D eigenvalue weighted by Gasteiger charge is -2.26. The van der Waals surface area contributed by atoms with Crippen molar-refractivity contribution in [2.75, 3.05) is 39.4 Å². The third-order valence-electron chi connectivity index (χ3n) is 3.85. The average Bonchev–Trinajstić information content (AvgIpc) is 3.26. The molecule has 10 nitrogen and oxygen atoms in total. The first-order chi connectivity index (χ1) is 12.1. The summed E-state index contributed by atoms with van der Waals surface area (Å²) < 4.78 is 12.1. The Balaban J connectivity index is 1.48. The lowest BCUT2D eigenvalue weighted by Crippen LogP contribution is -2.41. The minimum Gasteiger partial charge on any atom is -0.454 e. The van der Waals surface area contributed by atoms with Crippen LogP contribution in [0.5, 0.6) is 0 Å². The van der Waals surface area contributed by atoms with E-state index in [9.17, 15) is 14.9 Å². The van der Waals surface area contributed by atoms with Crippen molar-refractivity contribution in [3.05, 3.63) is 46.2 Å². The number of nitrogens with zero attached hydrogens (tertiary/aromatic N) is 4. The van der Waals surface area contributed by atoms with Gasteiger partial charge in [0.25, 0.3) is 5.91 Å². The van der Waals surface area contributed by atoms with Crippen molar-refractivity contribution in [2.24, 2.45) is 0 Å². The van der Waals surface area contributed by atoms with Crippen molar-refractivity contribution in [3.8, 4) is 0 Å². The van der Waals surface area contributed by atoms with Crippen molar-refractivity contribution in [2.45, 2.75) is 6.54 Å². The summed E-state index contributed by atoms with van der Waals surface area (Å²) in [4.78, 5) is 24.4. The van der Waals surface area contributed by atoms with Crippen molar-refractivity contribution >= 4 is 11.6 Å². The van der Waals surface area contributed by atoms with Gasteiger partial charge in [-0.25, -0.2) is 0 Å². The summed E-state index contributed by atoms with van der Waals surface area (Å²) in [6.07, 6.45) is 2.48. The molecule has 1 fully saturated rings. The summed E-state index contributed by atoms with van der Waals surface area (Å²) in [7, 11) is 0. The van der Waals surface area contributed by atoms with Crippen LogP contribution >= 0.6 is 0 Å². The van der Waals surface area contributed by atoms with Crippen molar-refractivity contribution in [1.29, 1.82) is 0 Å². The second-order valence-electron chi connectivity index (χ2n) is 5.63. The predicted octanol–water partition coefficient (Wildman–Crippen LogP) is 0.495. The molecule has 0 unspecified atom stereocenters. The third-order valence-corrected chi connectivity index (χ3v) is 3.85. The van der Waals surface area contributed by atoms with Gasteiger partial charge in [-0.3, -0.25) is 24.5 Å². The zero-order valence-corrected chi connectivity index (χ0v) is 13.6. The minimum absolute atomic E-state index is 0.0902. The van der Waals surface area contributed by atoms with Gasteiger partial charge < -0.3 is 14.5 Å². The first kappa shape index (κ1) is 17.1. The van der Waals surface area contributed by atoms with Crippen LogP contribution in [0.15, 0.2) is 28.9 Å². The maximum atomic E-state index is 12.1. The van der Waals surface area contributed by atoms with Gasteiger partial charge in [0.05, 0.1) is 24.7 Å². The topological polar surface area (TPSA) is 116 Å². The molecule has 3 heterocycles. The molecule has 1 aliphatic heterocycles. The number of nitro groups is 1. The summed E-state index contributed by atoms with van der Waals surface area (Å²) in [5.41, 5.74) is -0.0902. The number of nitrogens with one attached hydrogen (secondary N) is 1. The van der Waals surface area contributed by atoms with Crippen molar-refractivity contribution in [1.82, 2.24) is 20.0 Å². The molecule has 3 rings (SSSR count). The van der Waals surface area contributed by atoms with Crippen molar-refractivity contribution < 1.29 is 18.9 Å². The molecular weight excluding hydrogens is 330 g/mol. The number of hydrogen-bond donors (Lipinski definition) is 1. The molecule has 134 valence electrons. The van der Waals surface area contributed by atoms with Crippen LogP contribution in [0.2, 0.25) is 0 Å². The van der Waals surface area contributed by atoms with Gasteiger partial charge in [0.1, 0.15) is 18.2 Å². The second-order valence-corrected chi connectivity index (χ2v) is 5.63.